The number of thioether (sulfide) groups is 1. The van der Waals surface area contributed by atoms with Crippen molar-refractivity contribution < 1.29 is 19.1 Å². The number of rotatable bonds is 10. The number of hydrogen-bond acceptors (Lipinski definition) is 10. The maximum Gasteiger partial charge on any atom is 0.338 e. The number of ether oxygens (including phenoxy) is 1. The number of amides is 2. The molecule has 0 bridgehead atoms. The molecule has 0 radical (unpaired) electrons. The number of hydrogen-bond donors (Lipinski definition) is 2. The maximum atomic E-state index is 12.8. The minimum atomic E-state index is -0.429. The Kier molecular flexibility index (Phi) is 8.36. The lowest BCUT2D eigenvalue weighted by atomic mass is 10.2. The summed E-state index contributed by atoms with van der Waals surface area (Å²) >= 11 is 2.48. The number of pyridine rings is 1. The number of aromatic nitrogens is 5. The summed E-state index contributed by atoms with van der Waals surface area (Å²) in [5.41, 5.74) is 1.63. The molecule has 0 aliphatic heterocycles. The van der Waals surface area contributed by atoms with Crippen molar-refractivity contribution >= 4 is 51.7 Å². The molecule has 13 heteroatoms. The molecule has 0 spiro atoms. The van der Waals surface area contributed by atoms with Crippen LogP contribution in [0.2, 0.25) is 0 Å². The molecule has 0 aliphatic rings. The van der Waals surface area contributed by atoms with E-state index in [4.69, 9.17) is 4.74 Å². The summed E-state index contributed by atoms with van der Waals surface area (Å²) < 4.78 is 6.41. The first-order valence-corrected chi connectivity index (χ1v) is 12.6. The van der Waals surface area contributed by atoms with E-state index < -0.39 is 5.97 Å². The van der Waals surface area contributed by atoms with Gasteiger partial charge in [-0.25, -0.2) is 19.4 Å². The number of carbonyl (C=O) groups is 3. The van der Waals surface area contributed by atoms with Gasteiger partial charge in [0.05, 0.1) is 17.9 Å². The fraction of sp³-hybridized carbons (Fsp3) is 0.174. The van der Waals surface area contributed by atoms with Gasteiger partial charge < -0.3 is 15.4 Å². The fourth-order valence-electron chi connectivity index (χ4n) is 2.97. The second-order valence-corrected chi connectivity index (χ2v) is 8.97. The standard InChI is InChI=1S/C23H21N7O4S2/c1-2-34-21(33)16-3-5-17(6-4-16)26-18(31)13-30-23(28-20(29-30)15-7-9-24-10-8-15)36-14-19(32)27-22-25-11-12-35-22/h3-12H,2,13-14H2,1H3,(H,26,31)(H,25,27,32). The van der Waals surface area contributed by atoms with Crippen molar-refractivity contribution in [1.29, 1.82) is 0 Å². The van der Waals surface area contributed by atoms with Crippen molar-refractivity contribution in [2.45, 2.75) is 18.6 Å². The van der Waals surface area contributed by atoms with E-state index in [0.29, 0.717) is 27.4 Å². The zero-order valence-corrected chi connectivity index (χ0v) is 20.7. The highest BCUT2D eigenvalue weighted by Gasteiger charge is 2.17. The van der Waals surface area contributed by atoms with E-state index >= 15 is 0 Å². The van der Waals surface area contributed by atoms with Gasteiger partial charge in [-0.1, -0.05) is 11.8 Å². The van der Waals surface area contributed by atoms with E-state index in [2.05, 4.69) is 30.7 Å². The van der Waals surface area contributed by atoms with E-state index in [9.17, 15) is 14.4 Å². The van der Waals surface area contributed by atoms with Gasteiger partial charge in [-0.15, -0.1) is 16.4 Å². The average molecular weight is 524 g/mol. The van der Waals surface area contributed by atoms with Crippen LogP contribution in [-0.4, -0.2) is 54.9 Å². The first-order valence-electron chi connectivity index (χ1n) is 10.8. The van der Waals surface area contributed by atoms with Gasteiger partial charge >= 0.3 is 5.97 Å². The molecule has 0 unspecified atom stereocenters. The highest BCUT2D eigenvalue weighted by atomic mass is 32.2. The van der Waals surface area contributed by atoms with Gasteiger partial charge in [0.1, 0.15) is 6.54 Å². The van der Waals surface area contributed by atoms with Gasteiger partial charge in [0.15, 0.2) is 16.1 Å². The third-order valence-electron chi connectivity index (χ3n) is 4.56. The van der Waals surface area contributed by atoms with Crippen LogP contribution in [0.5, 0.6) is 0 Å². The van der Waals surface area contributed by atoms with Crippen molar-refractivity contribution in [3.8, 4) is 11.4 Å². The van der Waals surface area contributed by atoms with E-state index in [1.807, 2.05) is 0 Å². The lowest BCUT2D eigenvalue weighted by molar-refractivity contribution is -0.117. The van der Waals surface area contributed by atoms with Crippen molar-refractivity contribution in [3.63, 3.8) is 0 Å². The Hall–Kier alpha value is -4.10. The first-order chi connectivity index (χ1) is 17.5. The zero-order chi connectivity index (χ0) is 25.3. The summed E-state index contributed by atoms with van der Waals surface area (Å²) in [5, 5.41) is 12.6. The van der Waals surface area contributed by atoms with E-state index in [-0.39, 0.29) is 30.7 Å². The molecule has 2 amide bonds. The molecule has 0 fully saturated rings. The van der Waals surface area contributed by atoms with Gasteiger partial charge in [0.25, 0.3) is 0 Å². The molecule has 1 aromatic carbocycles. The molecular formula is C23H21N7O4S2. The maximum absolute atomic E-state index is 12.8. The fourth-order valence-corrected chi connectivity index (χ4v) is 4.25. The van der Waals surface area contributed by atoms with Crippen molar-refractivity contribution in [1.82, 2.24) is 24.7 Å². The Balaban J connectivity index is 1.45. The second-order valence-electron chi connectivity index (χ2n) is 7.13. The van der Waals surface area contributed by atoms with Gasteiger partial charge in [-0.3, -0.25) is 14.6 Å². The van der Waals surface area contributed by atoms with E-state index in [1.165, 1.54) is 16.0 Å². The highest BCUT2D eigenvalue weighted by Crippen LogP contribution is 2.22. The van der Waals surface area contributed by atoms with Crippen LogP contribution in [0, 0.1) is 0 Å². The van der Waals surface area contributed by atoms with Crippen LogP contribution in [0.25, 0.3) is 11.4 Å². The van der Waals surface area contributed by atoms with Crippen LogP contribution in [0.15, 0.2) is 65.5 Å². The first kappa shape index (κ1) is 25.0. The minimum Gasteiger partial charge on any atom is -0.462 e. The van der Waals surface area contributed by atoms with Gasteiger partial charge in [-0.2, -0.15) is 0 Å². The normalized spacial score (nSPS) is 10.6. The number of esters is 1. The topological polar surface area (TPSA) is 141 Å². The molecular weight excluding hydrogens is 502 g/mol. The minimum absolute atomic E-state index is 0.0605. The van der Waals surface area contributed by atoms with E-state index in [0.717, 1.165) is 17.3 Å². The van der Waals surface area contributed by atoms with E-state index in [1.54, 1.807) is 67.3 Å². The molecule has 184 valence electrons. The van der Waals surface area contributed by atoms with Crippen LogP contribution in [-0.2, 0) is 20.9 Å². The van der Waals surface area contributed by atoms with Crippen LogP contribution < -0.4 is 10.6 Å². The van der Waals surface area contributed by atoms with Gasteiger partial charge in [0.2, 0.25) is 11.8 Å². The molecule has 0 saturated carbocycles. The summed E-state index contributed by atoms with van der Waals surface area (Å²) in [6.45, 7) is 1.88. The molecule has 0 aliphatic carbocycles. The Morgan fingerprint density at radius 3 is 2.50 bits per heavy atom. The smallest absolute Gasteiger partial charge is 0.338 e. The molecule has 2 N–H and O–H groups in total. The van der Waals surface area contributed by atoms with Gasteiger partial charge in [-0.05, 0) is 43.3 Å². The zero-order valence-electron chi connectivity index (χ0n) is 19.1. The Bertz CT molecular complexity index is 1330. The highest BCUT2D eigenvalue weighted by molar-refractivity contribution is 7.99. The summed E-state index contributed by atoms with van der Waals surface area (Å²) in [7, 11) is 0. The van der Waals surface area contributed by atoms with Crippen LogP contribution in [0.4, 0.5) is 10.8 Å². The predicted octanol–water partition coefficient (Wildman–Crippen LogP) is 3.34. The summed E-state index contributed by atoms with van der Waals surface area (Å²) in [6.07, 6.45) is 4.85. The van der Waals surface area contributed by atoms with Crippen molar-refractivity contribution in [2.24, 2.45) is 0 Å². The third kappa shape index (κ3) is 6.73. The predicted molar refractivity (Wildman–Crippen MR) is 136 cm³/mol. The molecule has 3 aromatic heterocycles. The van der Waals surface area contributed by atoms with Crippen LogP contribution in [0.3, 0.4) is 0 Å². The largest absolute Gasteiger partial charge is 0.462 e. The number of anilines is 2. The third-order valence-corrected chi connectivity index (χ3v) is 6.22. The van der Waals surface area contributed by atoms with Gasteiger partial charge in [0, 0.05) is 35.2 Å². The second kappa shape index (κ2) is 12.0. The lowest BCUT2D eigenvalue weighted by Crippen LogP contribution is -2.21. The summed E-state index contributed by atoms with van der Waals surface area (Å²) in [6, 6.07) is 9.90. The number of thiazole rings is 1. The SMILES string of the molecule is CCOC(=O)c1ccc(NC(=O)Cn2nc(-c3ccncc3)nc2SCC(=O)Nc2nccs2)cc1. The molecule has 0 saturated heterocycles. The monoisotopic (exact) mass is 523 g/mol. The summed E-state index contributed by atoms with van der Waals surface area (Å²) in [4.78, 5) is 49.4. The molecule has 3 heterocycles. The molecule has 36 heavy (non-hydrogen) atoms. The van der Waals surface area contributed by atoms with Crippen molar-refractivity contribution in [2.75, 3.05) is 23.0 Å². The number of nitrogens with zero attached hydrogens (tertiary/aromatic N) is 5. The number of carbonyl (C=O) groups excluding carboxylic acids is 3. The Labute approximate surface area is 214 Å². The number of nitrogens with one attached hydrogen (secondary N) is 2. The van der Waals surface area contributed by atoms with Crippen LogP contribution in [0.1, 0.15) is 17.3 Å². The van der Waals surface area contributed by atoms with Crippen LogP contribution >= 0.6 is 23.1 Å². The Morgan fingerprint density at radius 2 is 1.81 bits per heavy atom. The van der Waals surface area contributed by atoms with Crippen molar-refractivity contribution in [3.05, 3.63) is 65.9 Å². The molecule has 4 rings (SSSR count). The molecule has 4 aromatic rings. The quantitative estimate of drug-likeness (QED) is 0.236. The Morgan fingerprint density at radius 1 is 1.03 bits per heavy atom. The number of benzene rings is 1. The lowest BCUT2D eigenvalue weighted by Gasteiger charge is -2.08. The molecule has 11 nitrogen and oxygen atoms in total. The average Bonchev–Trinajstić information content (AvgIpc) is 3.54. The summed E-state index contributed by atoms with van der Waals surface area (Å²) in [5.74, 6) is -0.556. The molecule has 0 atom stereocenters.